The molecule has 2 aromatic carbocycles. The van der Waals surface area contributed by atoms with Crippen molar-refractivity contribution in [1.29, 1.82) is 0 Å². The molecule has 0 fully saturated rings. The SMILES string of the molecule is CCCCC1CN(c2ccccc2)c2ccc(O/C=C/C(=O)OC(C)(C)C)cc2S(=O)(=O)N1C. The summed E-state index contributed by atoms with van der Waals surface area (Å²) < 4.78 is 39.5. The quantitative estimate of drug-likeness (QED) is 0.302. The van der Waals surface area contributed by atoms with Gasteiger partial charge in [-0.2, -0.15) is 4.31 Å². The van der Waals surface area contributed by atoms with Crippen LogP contribution in [0.5, 0.6) is 5.75 Å². The fraction of sp³-hybridized carbons (Fsp3) is 0.423. The van der Waals surface area contributed by atoms with Crippen molar-refractivity contribution in [2.75, 3.05) is 18.5 Å². The van der Waals surface area contributed by atoms with Gasteiger partial charge in [-0.05, 0) is 51.5 Å². The zero-order valence-corrected chi connectivity index (χ0v) is 21.3. The number of anilines is 2. The normalized spacial score (nSPS) is 18.4. The number of benzene rings is 2. The van der Waals surface area contributed by atoms with Gasteiger partial charge < -0.3 is 14.4 Å². The van der Waals surface area contributed by atoms with E-state index in [1.54, 1.807) is 40.0 Å². The average Bonchev–Trinajstić information content (AvgIpc) is 2.85. The second kappa shape index (κ2) is 10.6. The van der Waals surface area contributed by atoms with Crippen LogP contribution in [0.1, 0.15) is 47.0 Å². The number of hydrogen-bond acceptors (Lipinski definition) is 6. The van der Waals surface area contributed by atoms with Crippen LogP contribution < -0.4 is 9.64 Å². The minimum atomic E-state index is -3.77. The molecule has 0 N–H and O–H groups in total. The van der Waals surface area contributed by atoms with Crippen LogP contribution in [0.4, 0.5) is 11.4 Å². The monoisotopic (exact) mass is 486 g/mol. The number of sulfonamides is 1. The Kier molecular flexibility index (Phi) is 8.05. The second-order valence-corrected chi connectivity index (χ2v) is 11.3. The Morgan fingerprint density at radius 3 is 2.50 bits per heavy atom. The van der Waals surface area contributed by atoms with Crippen molar-refractivity contribution >= 4 is 27.4 Å². The van der Waals surface area contributed by atoms with Gasteiger partial charge in [0, 0.05) is 31.4 Å². The van der Waals surface area contributed by atoms with E-state index >= 15 is 0 Å². The van der Waals surface area contributed by atoms with Gasteiger partial charge in [-0.1, -0.05) is 38.0 Å². The van der Waals surface area contributed by atoms with Crippen LogP contribution >= 0.6 is 0 Å². The van der Waals surface area contributed by atoms with Gasteiger partial charge in [-0.15, -0.1) is 0 Å². The van der Waals surface area contributed by atoms with Crippen LogP contribution in [0.25, 0.3) is 0 Å². The highest BCUT2D eigenvalue weighted by atomic mass is 32.2. The third-order valence-electron chi connectivity index (χ3n) is 5.56. The maximum atomic E-state index is 13.6. The van der Waals surface area contributed by atoms with E-state index < -0.39 is 21.6 Å². The number of ether oxygens (including phenoxy) is 2. The first-order valence-corrected chi connectivity index (χ1v) is 13.0. The van der Waals surface area contributed by atoms with E-state index in [1.165, 1.54) is 22.7 Å². The van der Waals surface area contributed by atoms with Gasteiger partial charge in [0.15, 0.2) is 0 Å². The summed E-state index contributed by atoms with van der Waals surface area (Å²) >= 11 is 0. The molecule has 0 bridgehead atoms. The molecule has 1 atom stereocenters. The Labute approximate surface area is 203 Å². The fourth-order valence-electron chi connectivity index (χ4n) is 3.84. The molecule has 1 heterocycles. The van der Waals surface area contributed by atoms with E-state index in [0.29, 0.717) is 18.0 Å². The molecule has 0 radical (unpaired) electrons. The molecule has 0 amide bonds. The van der Waals surface area contributed by atoms with Gasteiger partial charge in [0.1, 0.15) is 16.2 Å². The topological polar surface area (TPSA) is 76.1 Å². The van der Waals surface area contributed by atoms with Crippen LogP contribution in [0.3, 0.4) is 0 Å². The van der Waals surface area contributed by atoms with Gasteiger partial charge in [-0.25, -0.2) is 13.2 Å². The summed E-state index contributed by atoms with van der Waals surface area (Å²) in [4.78, 5) is 14.1. The highest BCUT2D eigenvalue weighted by Gasteiger charge is 2.36. The zero-order chi connectivity index (χ0) is 24.9. The molecule has 0 saturated heterocycles. The number of unbranched alkanes of at least 4 members (excludes halogenated alkanes) is 1. The van der Waals surface area contributed by atoms with Crippen molar-refractivity contribution in [3.05, 3.63) is 60.9 Å². The van der Waals surface area contributed by atoms with Crippen LogP contribution in [0.2, 0.25) is 0 Å². The molecule has 0 spiro atoms. The number of carbonyl (C=O) groups excluding carboxylic acids is 1. The van der Waals surface area contributed by atoms with Crippen molar-refractivity contribution in [2.24, 2.45) is 0 Å². The Morgan fingerprint density at radius 1 is 1.15 bits per heavy atom. The minimum Gasteiger partial charge on any atom is -0.465 e. The van der Waals surface area contributed by atoms with E-state index in [0.717, 1.165) is 24.9 Å². The number of esters is 1. The summed E-state index contributed by atoms with van der Waals surface area (Å²) in [5.41, 5.74) is 0.911. The summed E-state index contributed by atoms with van der Waals surface area (Å²) in [7, 11) is -2.13. The Bertz CT molecular complexity index is 1120. The number of hydrogen-bond donors (Lipinski definition) is 0. The highest BCUT2D eigenvalue weighted by molar-refractivity contribution is 7.89. The Hall–Kier alpha value is -2.84. The number of nitrogens with zero attached hydrogens (tertiary/aromatic N) is 2. The summed E-state index contributed by atoms with van der Waals surface area (Å²) in [6.07, 6.45) is 5.08. The van der Waals surface area contributed by atoms with Crippen LogP contribution in [-0.4, -0.2) is 43.9 Å². The summed E-state index contributed by atoms with van der Waals surface area (Å²) in [6, 6.07) is 14.6. The molecule has 1 unspecified atom stereocenters. The molecular formula is C26H34N2O5S. The molecular weight excluding hydrogens is 452 g/mol. The highest BCUT2D eigenvalue weighted by Crippen LogP contribution is 2.39. The van der Waals surface area contributed by atoms with Crippen LogP contribution in [0, 0.1) is 0 Å². The van der Waals surface area contributed by atoms with Gasteiger partial charge in [0.2, 0.25) is 10.0 Å². The van der Waals surface area contributed by atoms with E-state index in [4.69, 9.17) is 9.47 Å². The molecule has 2 aromatic rings. The minimum absolute atomic E-state index is 0.168. The molecule has 0 saturated carbocycles. The first-order chi connectivity index (χ1) is 16.0. The van der Waals surface area contributed by atoms with Crippen LogP contribution in [0.15, 0.2) is 65.8 Å². The first-order valence-electron chi connectivity index (χ1n) is 11.5. The van der Waals surface area contributed by atoms with Crippen LogP contribution in [-0.2, 0) is 19.6 Å². The summed E-state index contributed by atoms with van der Waals surface area (Å²) in [6.45, 7) is 7.98. The summed E-state index contributed by atoms with van der Waals surface area (Å²) in [5.74, 6) is -0.223. The fourth-order valence-corrected chi connectivity index (χ4v) is 5.42. The lowest BCUT2D eigenvalue weighted by molar-refractivity contribution is -0.148. The van der Waals surface area contributed by atoms with E-state index in [9.17, 15) is 13.2 Å². The smallest absolute Gasteiger partial charge is 0.334 e. The van der Waals surface area contributed by atoms with Crippen molar-refractivity contribution in [3.8, 4) is 5.75 Å². The molecule has 1 aliphatic rings. The van der Waals surface area contributed by atoms with Gasteiger partial charge in [0.05, 0.1) is 18.0 Å². The standard InChI is InChI=1S/C26H34N2O5S/c1-6-7-11-21-19-28(20-12-9-8-10-13-20)23-15-14-22(18-24(23)34(30,31)27(21)5)32-17-16-25(29)33-26(2,3)4/h8-10,12-18,21H,6-7,11,19H2,1-5H3/b17-16+. The lowest BCUT2D eigenvalue weighted by Gasteiger charge is -2.29. The Balaban J connectivity index is 1.98. The van der Waals surface area contributed by atoms with Gasteiger partial charge in [-0.3, -0.25) is 0 Å². The molecule has 8 heteroatoms. The maximum absolute atomic E-state index is 13.6. The third kappa shape index (κ3) is 6.18. The lowest BCUT2D eigenvalue weighted by Crippen LogP contribution is -2.40. The maximum Gasteiger partial charge on any atom is 0.334 e. The van der Waals surface area contributed by atoms with Gasteiger partial charge >= 0.3 is 5.97 Å². The van der Waals surface area contributed by atoms with E-state index in [-0.39, 0.29) is 10.9 Å². The number of fused-ring (bicyclic) bond motifs is 1. The summed E-state index contributed by atoms with van der Waals surface area (Å²) in [5, 5.41) is 0. The van der Waals surface area contributed by atoms with Crippen molar-refractivity contribution in [2.45, 2.75) is 63.5 Å². The molecule has 1 aliphatic heterocycles. The van der Waals surface area contributed by atoms with Crippen molar-refractivity contribution in [1.82, 2.24) is 4.31 Å². The largest absolute Gasteiger partial charge is 0.465 e. The van der Waals surface area contributed by atoms with E-state index in [2.05, 4.69) is 11.8 Å². The lowest BCUT2D eigenvalue weighted by atomic mass is 10.1. The van der Waals surface area contributed by atoms with Gasteiger partial charge in [0.25, 0.3) is 0 Å². The number of para-hydroxylation sites is 1. The van der Waals surface area contributed by atoms with E-state index in [1.807, 2.05) is 30.3 Å². The predicted octanol–water partition coefficient (Wildman–Crippen LogP) is 5.25. The molecule has 184 valence electrons. The second-order valence-electron chi connectivity index (χ2n) is 9.35. The zero-order valence-electron chi connectivity index (χ0n) is 20.5. The molecule has 0 aliphatic carbocycles. The number of carbonyl (C=O) groups is 1. The predicted molar refractivity (Wildman–Crippen MR) is 134 cm³/mol. The van der Waals surface area contributed by atoms with Crippen molar-refractivity contribution in [3.63, 3.8) is 0 Å². The van der Waals surface area contributed by atoms with Crippen molar-refractivity contribution < 1.29 is 22.7 Å². The molecule has 7 nitrogen and oxygen atoms in total. The molecule has 0 aromatic heterocycles. The number of rotatable bonds is 7. The third-order valence-corrected chi connectivity index (χ3v) is 7.50. The molecule has 3 rings (SSSR count). The average molecular weight is 487 g/mol. The first kappa shape index (κ1) is 25.8. The molecule has 34 heavy (non-hydrogen) atoms. The Morgan fingerprint density at radius 2 is 1.85 bits per heavy atom. The number of likely N-dealkylation sites (N-methyl/N-ethyl adjacent to an activating group) is 1.